The first kappa shape index (κ1) is 15.1. The van der Waals surface area contributed by atoms with Crippen molar-refractivity contribution < 1.29 is 0 Å². The predicted octanol–water partition coefficient (Wildman–Crippen LogP) is 4.49. The van der Waals surface area contributed by atoms with Gasteiger partial charge in [-0.3, -0.25) is 0 Å². The summed E-state index contributed by atoms with van der Waals surface area (Å²) in [5, 5.41) is 0. The first-order valence-electron chi connectivity index (χ1n) is 7.08. The zero-order valence-corrected chi connectivity index (χ0v) is 13.3. The fourth-order valence-electron chi connectivity index (χ4n) is 2.30. The van der Waals surface area contributed by atoms with Crippen LogP contribution in [0.15, 0.2) is 47.4 Å². The van der Waals surface area contributed by atoms with Crippen LogP contribution in [0.5, 0.6) is 0 Å². The van der Waals surface area contributed by atoms with Gasteiger partial charge in [-0.25, -0.2) is 0 Å². The Balaban J connectivity index is 2.02. The molecule has 0 amide bonds. The van der Waals surface area contributed by atoms with Gasteiger partial charge >= 0.3 is 0 Å². The van der Waals surface area contributed by atoms with E-state index in [4.69, 9.17) is 5.73 Å². The van der Waals surface area contributed by atoms with Crippen LogP contribution in [0.25, 0.3) is 0 Å². The van der Waals surface area contributed by atoms with Crippen molar-refractivity contribution in [1.29, 1.82) is 0 Å². The van der Waals surface area contributed by atoms with Crippen molar-refractivity contribution in [2.24, 2.45) is 5.73 Å². The number of rotatable bonds is 5. The van der Waals surface area contributed by atoms with Gasteiger partial charge in [-0.2, -0.15) is 0 Å². The van der Waals surface area contributed by atoms with E-state index >= 15 is 0 Å². The van der Waals surface area contributed by atoms with Crippen LogP contribution in [0.3, 0.4) is 0 Å². The van der Waals surface area contributed by atoms with Gasteiger partial charge in [-0.1, -0.05) is 35.9 Å². The van der Waals surface area contributed by atoms with Gasteiger partial charge in [-0.05, 0) is 56.0 Å². The normalized spacial score (nSPS) is 12.4. The van der Waals surface area contributed by atoms with E-state index < -0.39 is 0 Å². The second kappa shape index (κ2) is 6.96. The Kier molecular flexibility index (Phi) is 5.27. The van der Waals surface area contributed by atoms with Gasteiger partial charge in [-0.15, -0.1) is 11.8 Å². The van der Waals surface area contributed by atoms with E-state index in [1.807, 2.05) is 11.8 Å². The van der Waals surface area contributed by atoms with Crippen LogP contribution in [0, 0.1) is 13.8 Å². The zero-order chi connectivity index (χ0) is 14.5. The summed E-state index contributed by atoms with van der Waals surface area (Å²) in [6.07, 6.45) is 0.953. The highest BCUT2D eigenvalue weighted by Crippen LogP contribution is 2.25. The molecule has 1 nitrogen and oxygen atoms in total. The number of hydrogen-bond acceptors (Lipinski definition) is 2. The molecule has 0 spiro atoms. The minimum atomic E-state index is 0.222. The molecule has 0 saturated carbocycles. The van der Waals surface area contributed by atoms with Crippen LogP contribution in [0.1, 0.15) is 29.2 Å². The molecule has 0 aromatic heterocycles. The van der Waals surface area contributed by atoms with Crippen molar-refractivity contribution >= 4 is 11.8 Å². The van der Waals surface area contributed by atoms with E-state index in [2.05, 4.69) is 63.2 Å². The van der Waals surface area contributed by atoms with Crippen molar-refractivity contribution in [3.8, 4) is 0 Å². The van der Waals surface area contributed by atoms with E-state index in [-0.39, 0.29) is 6.04 Å². The van der Waals surface area contributed by atoms with Crippen molar-refractivity contribution in [2.45, 2.75) is 43.9 Å². The summed E-state index contributed by atoms with van der Waals surface area (Å²) < 4.78 is 0. The maximum atomic E-state index is 5.87. The highest BCUT2D eigenvalue weighted by atomic mass is 32.2. The Morgan fingerprint density at radius 3 is 2.55 bits per heavy atom. The first-order chi connectivity index (χ1) is 9.54. The van der Waals surface area contributed by atoms with Crippen LogP contribution in [0.4, 0.5) is 0 Å². The molecule has 0 aliphatic heterocycles. The van der Waals surface area contributed by atoms with Gasteiger partial charge in [0.25, 0.3) is 0 Å². The fourth-order valence-corrected chi connectivity index (χ4v) is 3.24. The number of aryl methyl sites for hydroxylation is 2. The molecule has 0 saturated heterocycles. The maximum absolute atomic E-state index is 5.87. The van der Waals surface area contributed by atoms with E-state index in [9.17, 15) is 0 Å². The molecule has 2 rings (SSSR count). The zero-order valence-electron chi connectivity index (χ0n) is 12.5. The molecular weight excluding hydrogens is 262 g/mol. The van der Waals surface area contributed by atoms with Crippen molar-refractivity contribution in [3.05, 3.63) is 64.7 Å². The third-order valence-electron chi connectivity index (χ3n) is 3.34. The molecule has 2 N–H and O–H groups in total. The third-order valence-corrected chi connectivity index (χ3v) is 4.41. The van der Waals surface area contributed by atoms with Gasteiger partial charge < -0.3 is 5.73 Å². The summed E-state index contributed by atoms with van der Waals surface area (Å²) in [7, 11) is 0. The summed E-state index contributed by atoms with van der Waals surface area (Å²) in [5.41, 5.74) is 11.3. The summed E-state index contributed by atoms with van der Waals surface area (Å²) in [6, 6.07) is 15.6. The molecule has 0 bridgehead atoms. The molecule has 0 heterocycles. The number of thioether (sulfide) groups is 1. The lowest BCUT2D eigenvalue weighted by Crippen LogP contribution is -2.18. The molecule has 0 aliphatic carbocycles. The number of hydrogen-bond donors (Lipinski definition) is 1. The van der Waals surface area contributed by atoms with Gasteiger partial charge in [0, 0.05) is 16.7 Å². The topological polar surface area (TPSA) is 26.0 Å². The van der Waals surface area contributed by atoms with Crippen molar-refractivity contribution in [2.75, 3.05) is 0 Å². The smallest absolute Gasteiger partial charge is 0.0232 e. The lowest BCUT2D eigenvalue weighted by Gasteiger charge is -2.10. The van der Waals surface area contributed by atoms with E-state index in [0.717, 1.165) is 12.2 Å². The highest BCUT2D eigenvalue weighted by Gasteiger charge is 2.04. The van der Waals surface area contributed by atoms with Crippen molar-refractivity contribution in [1.82, 2.24) is 0 Å². The van der Waals surface area contributed by atoms with Gasteiger partial charge in [0.05, 0.1) is 0 Å². The van der Waals surface area contributed by atoms with E-state index in [1.54, 1.807) is 0 Å². The highest BCUT2D eigenvalue weighted by molar-refractivity contribution is 7.98. The number of benzene rings is 2. The van der Waals surface area contributed by atoms with Crippen LogP contribution in [-0.2, 0) is 12.2 Å². The molecule has 20 heavy (non-hydrogen) atoms. The summed E-state index contributed by atoms with van der Waals surface area (Å²) in [6.45, 7) is 6.37. The predicted molar refractivity (Wildman–Crippen MR) is 89.3 cm³/mol. The molecule has 106 valence electrons. The van der Waals surface area contributed by atoms with Gasteiger partial charge in [0.1, 0.15) is 0 Å². The lowest BCUT2D eigenvalue weighted by molar-refractivity contribution is 0.734. The number of nitrogens with two attached hydrogens (primary N) is 1. The molecule has 0 radical (unpaired) electrons. The monoisotopic (exact) mass is 285 g/mol. The lowest BCUT2D eigenvalue weighted by atomic mass is 10.0. The minimum Gasteiger partial charge on any atom is -0.328 e. The Morgan fingerprint density at radius 2 is 1.90 bits per heavy atom. The van der Waals surface area contributed by atoms with Crippen LogP contribution < -0.4 is 5.73 Å². The van der Waals surface area contributed by atoms with E-state index in [1.165, 1.54) is 27.1 Å². The average Bonchev–Trinajstić information content (AvgIpc) is 2.39. The third kappa shape index (κ3) is 4.39. The van der Waals surface area contributed by atoms with Crippen LogP contribution in [-0.4, -0.2) is 6.04 Å². The van der Waals surface area contributed by atoms with Gasteiger partial charge in [0.2, 0.25) is 0 Å². The molecule has 0 aliphatic rings. The first-order valence-corrected chi connectivity index (χ1v) is 8.06. The minimum absolute atomic E-state index is 0.222. The van der Waals surface area contributed by atoms with Crippen LogP contribution >= 0.6 is 11.8 Å². The molecule has 2 heteroatoms. The molecule has 2 aromatic rings. The average molecular weight is 285 g/mol. The molecule has 0 fully saturated rings. The molecular formula is C18H23NS. The molecule has 2 aromatic carbocycles. The second-order valence-corrected chi connectivity index (χ2v) is 6.60. The Morgan fingerprint density at radius 1 is 1.10 bits per heavy atom. The van der Waals surface area contributed by atoms with Gasteiger partial charge in [0.15, 0.2) is 0 Å². The van der Waals surface area contributed by atoms with E-state index in [0.29, 0.717) is 0 Å². The SMILES string of the molecule is Cc1cccc(CSc2ccc(CC(C)N)c(C)c2)c1. The summed E-state index contributed by atoms with van der Waals surface area (Å²) in [4.78, 5) is 1.33. The Labute approximate surface area is 126 Å². The summed E-state index contributed by atoms with van der Waals surface area (Å²) in [5.74, 6) is 1.02. The molecule has 1 unspecified atom stereocenters. The largest absolute Gasteiger partial charge is 0.328 e. The summed E-state index contributed by atoms with van der Waals surface area (Å²) >= 11 is 1.89. The van der Waals surface area contributed by atoms with Crippen molar-refractivity contribution in [3.63, 3.8) is 0 Å². The fraction of sp³-hybridized carbons (Fsp3) is 0.333. The quantitative estimate of drug-likeness (QED) is 0.819. The second-order valence-electron chi connectivity index (χ2n) is 5.55. The Bertz CT molecular complexity index is 575. The Hall–Kier alpha value is -1.25. The maximum Gasteiger partial charge on any atom is 0.0232 e. The standard InChI is InChI=1S/C18H23NS/c1-13-5-4-6-16(9-13)12-20-18-8-7-17(11-15(3)19)14(2)10-18/h4-10,15H,11-12,19H2,1-3H3. The van der Waals surface area contributed by atoms with Crippen LogP contribution in [0.2, 0.25) is 0 Å². The molecule has 1 atom stereocenters.